The third-order valence-corrected chi connectivity index (χ3v) is 5.22. The van der Waals surface area contributed by atoms with Crippen LogP contribution in [-0.2, 0) is 4.79 Å². The lowest BCUT2D eigenvalue weighted by Crippen LogP contribution is -2.54. The lowest BCUT2D eigenvalue weighted by molar-refractivity contribution is -0.142. The van der Waals surface area contributed by atoms with Crippen molar-refractivity contribution in [2.24, 2.45) is 5.92 Å². The van der Waals surface area contributed by atoms with Crippen LogP contribution < -0.4 is 10.2 Å². The molecule has 2 amide bonds. The summed E-state index contributed by atoms with van der Waals surface area (Å²) in [5.74, 6) is -2.04. The fraction of sp³-hybridized carbons (Fsp3) is 0.556. The molecule has 1 saturated carbocycles. The molecule has 6 nitrogen and oxygen atoms in total. The number of carboxylic acid groups (broad SMARTS) is 1. The SMILES string of the molecule is O=C(O)C1CCC(NC(=O)N2CCN(c3cc(F)ccc3F)CC2)CC1. The lowest BCUT2D eigenvalue weighted by Gasteiger charge is -2.37. The summed E-state index contributed by atoms with van der Waals surface area (Å²) in [6, 6.07) is 3.19. The number of nitrogens with zero attached hydrogens (tertiary/aromatic N) is 2. The molecule has 0 radical (unpaired) electrons. The summed E-state index contributed by atoms with van der Waals surface area (Å²) in [6.07, 6.45) is 2.48. The number of rotatable bonds is 3. The zero-order valence-corrected chi connectivity index (χ0v) is 14.5. The van der Waals surface area contributed by atoms with Crippen LogP contribution >= 0.6 is 0 Å². The molecule has 8 heteroatoms. The molecular weight excluding hydrogens is 344 g/mol. The van der Waals surface area contributed by atoms with Crippen LogP contribution in [0.1, 0.15) is 25.7 Å². The van der Waals surface area contributed by atoms with E-state index in [1.54, 1.807) is 9.80 Å². The predicted molar refractivity (Wildman–Crippen MR) is 92.1 cm³/mol. The second-order valence-electron chi connectivity index (χ2n) is 6.91. The molecule has 1 aliphatic carbocycles. The molecule has 1 aromatic carbocycles. The van der Waals surface area contributed by atoms with E-state index in [1.807, 2.05) is 0 Å². The first-order valence-electron chi connectivity index (χ1n) is 8.92. The van der Waals surface area contributed by atoms with Crippen molar-refractivity contribution in [1.29, 1.82) is 0 Å². The van der Waals surface area contributed by atoms with Crippen molar-refractivity contribution in [2.75, 3.05) is 31.1 Å². The van der Waals surface area contributed by atoms with Gasteiger partial charge in [0.1, 0.15) is 11.6 Å². The Hall–Kier alpha value is -2.38. The van der Waals surface area contributed by atoms with E-state index in [0.717, 1.165) is 12.1 Å². The van der Waals surface area contributed by atoms with E-state index in [4.69, 9.17) is 5.11 Å². The number of carboxylic acids is 1. The van der Waals surface area contributed by atoms with Gasteiger partial charge in [0.25, 0.3) is 0 Å². The molecule has 2 N–H and O–H groups in total. The number of aliphatic carboxylic acids is 1. The summed E-state index contributed by atoms with van der Waals surface area (Å²) in [6.45, 7) is 1.71. The van der Waals surface area contributed by atoms with Crippen LogP contribution in [-0.4, -0.2) is 54.2 Å². The van der Waals surface area contributed by atoms with Crippen LogP contribution in [0, 0.1) is 17.6 Å². The normalized spacial score (nSPS) is 23.6. The third kappa shape index (κ3) is 4.23. The molecule has 1 aliphatic heterocycles. The maximum absolute atomic E-state index is 13.9. The third-order valence-electron chi connectivity index (χ3n) is 5.22. The highest BCUT2D eigenvalue weighted by Gasteiger charge is 2.29. The van der Waals surface area contributed by atoms with Crippen molar-refractivity contribution in [3.63, 3.8) is 0 Å². The first kappa shape index (κ1) is 18.4. The zero-order chi connectivity index (χ0) is 18.7. The van der Waals surface area contributed by atoms with Gasteiger partial charge in [0.15, 0.2) is 0 Å². The molecule has 2 fully saturated rings. The average Bonchev–Trinajstić information content (AvgIpc) is 2.64. The smallest absolute Gasteiger partial charge is 0.317 e. The molecule has 142 valence electrons. The van der Waals surface area contributed by atoms with Gasteiger partial charge in [0.05, 0.1) is 11.6 Å². The standard InChI is InChI=1S/C18H23F2N3O3/c19-13-3-6-15(20)16(11-13)22-7-9-23(10-8-22)18(26)21-14-4-1-12(2-5-14)17(24)25/h3,6,11-12,14H,1-2,4-5,7-10H2,(H,21,26)(H,24,25). The molecule has 2 aliphatic rings. The average molecular weight is 367 g/mol. The number of amides is 2. The molecule has 1 saturated heterocycles. The number of halogens is 2. The second-order valence-corrected chi connectivity index (χ2v) is 6.91. The Labute approximate surface area is 150 Å². The van der Waals surface area contributed by atoms with Crippen molar-refractivity contribution in [3.8, 4) is 0 Å². The van der Waals surface area contributed by atoms with Gasteiger partial charge in [-0.25, -0.2) is 13.6 Å². The van der Waals surface area contributed by atoms with E-state index in [-0.39, 0.29) is 23.7 Å². The topological polar surface area (TPSA) is 72.9 Å². The van der Waals surface area contributed by atoms with Crippen LogP contribution in [0.3, 0.4) is 0 Å². The van der Waals surface area contributed by atoms with Crippen molar-refractivity contribution in [2.45, 2.75) is 31.7 Å². The molecule has 0 bridgehead atoms. The molecule has 1 heterocycles. The number of nitrogens with one attached hydrogen (secondary N) is 1. The van der Waals surface area contributed by atoms with Crippen LogP contribution in [0.5, 0.6) is 0 Å². The highest BCUT2D eigenvalue weighted by Crippen LogP contribution is 2.25. The van der Waals surface area contributed by atoms with Crippen LogP contribution in [0.15, 0.2) is 18.2 Å². The Bertz CT molecular complexity index is 670. The van der Waals surface area contributed by atoms with Crippen LogP contribution in [0.25, 0.3) is 0 Å². The fourth-order valence-electron chi connectivity index (χ4n) is 3.63. The summed E-state index contributed by atoms with van der Waals surface area (Å²) in [5.41, 5.74) is 0.219. The Balaban J connectivity index is 1.48. The number of hydrogen-bond acceptors (Lipinski definition) is 3. The highest BCUT2D eigenvalue weighted by atomic mass is 19.1. The minimum atomic E-state index is -0.768. The van der Waals surface area contributed by atoms with Gasteiger partial charge in [-0.05, 0) is 37.8 Å². The summed E-state index contributed by atoms with van der Waals surface area (Å²) in [4.78, 5) is 26.8. The largest absolute Gasteiger partial charge is 0.481 e. The monoisotopic (exact) mass is 367 g/mol. The summed E-state index contributed by atoms with van der Waals surface area (Å²) in [5, 5.41) is 12.0. The van der Waals surface area contributed by atoms with Crippen LogP contribution in [0.2, 0.25) is 0 Å². The fourth-order valence-corrected chi connectivity index (χ4v) is 3.63. The van der Waals surface area contributed by atoms with Gasteiger partial charge in [0, 0.05) is 38.3 Å². The van der Waals surface area contributed by atoms with Gasteiger partial charge >= 0.3 is 12.0 Å². The number of piperazine rings is 1. The molecule has 3 rings (SSSR count). The molecule has 0 atom stereocenters. The van der Waals surface area contributed by atoms with Gasteiger partial charge in [-0.15, -0.1) is 0 Å². The van der Waals surface area contributed by atoms with Crippen molar-refractivity contribution in [1.82, 2.24) is 10.2 Å². The Kier molecular flexibility index (Phi) is 5.58. The molecular formula is C18H23F2N3O3. The maximum atomic E-state index is 13.9. The summed E-state index contributed by atoms with van der Waals surface area (Å²) >= 11 is 0. The van der Waals surface area contributed by atoms with Crippen molar-refractivity contribution >= 4 is 17.7 Å². The molecule has 0 aromatic heterocycles. The van der Waals surface area contributed by atoms with Gasteiger partial charge < -0.3 is 20.2 Å². The lowest BCUT2D eigenvalue weighted by atomic mass is 9.86. The number of carbonyl (C=O) groups excluding carboxylic acids is 1. The Morgan fingerprint density at radius 3 is 2.31 bits per heavy atom. The van der Waals surface area contributed by atoms with E-state index in [1.165, 1.54) is 6.07 Å². The minimum absolute atomic E-state index is 0.00297. The van der Waals surface area contributed by atoms with E-state index in [2.05, 4.69) is 5.32 Å². The van der Waals surface area contributed by atoms with Gasteiger partial charge in [-0.1, -0.05) is 0 Å². The number of anilines is 1. The van der Waals surface area contributed by atoms with E-state index in [0.29, 0.717) is 51.9 Å². The number of hydrogen-bond donors (Lipinski definition) is 2. The quantitative estimate of drug-likeness (QED) is 0.861. The Morgan fingerprint density at radius 1 is 1.04 bits per heavy atom. The highest BCUT2D eigenvalue weighted by molar-refractivity contribution is 5.75. The summed E-state index contributed by atoms with van der Waals surface area (Å²) in [7, 11) is 0. The van der Waals surface area contributed by atoms with Gasteiger partial charge in [-0.3, -0.25) is 4.79 Å². The molecule has 0 spiro atoms. The van der Waals surface area contributed by atoms with Crippen LogP contribution in [0.4, 0.5) is 19.3 Å². The molecule has 26 heavy (non-hydrogen) atoms. The number of benzene rings is 1. The number of carbonyl (C=O) groups is 2. The zero-order valence-electron chi connectivity index (χ0n) is 14.5. The predicted octanol–water partition coefficient (Wildman–Crippen LogP) is 2.44. The van der Waals surface area contributed by atoms with Crippen molar-refractivity contribution in [3.05, 3.63) is 29.8 Å². The maximum Gasteiger partial charge on any atom is 0.317 e. The van der Waals surface area contributed by atoms with E-state index < -0.39 is 17.6 Å². The van der Waals surface area contributed by atoms with Gasteiger partial charge in [-0.2, -0.15) is 0 Å². The first-order chi connectivity index (χ1) is 12.4. The number of urea groups is 1. The summed E-state index contributed by atoms with van der Waals surface area (Å²) < 4.78 is 27.2. The second kappa shape index (κ2) is 7.88. The Morgan fingerprint density at radius 2 is 1.69 bits per heavy atom. The molecule has 1 aromatic rings. The minimum Gasteiger partial charge on any atom is -0.481 e. The van der Waals surface area contributed by atoms with Crippen molar-refractivity contribution < 1.29 is 23.5 Å². The van der Waals surface area contributed by atoms with E-state index in [9.17, 15) is 18.4 Å². The molecule has 0 unspecified atom stereocenters. The van der Waals surface area contributed by atoms with Gasteiger partial charge in [0.2, 0.25) is 0 Å². The first-order valence-corrected chi connectivity index (χ1v) is 8.92. The van der Waals surface area contributed by atoms with E-state index >= 15 is 0 Å².